The molecule has 1 N–H and O–H groups in total. The van der Waals surface area contributed by atoms with Gasteiger partial charge in [-0.2, -0.15) is 0 Å². The Balaban J connectivity index is 2.23. The first-order valence-electron chi connectivity index (χ1n) is 7.36. The topological polar surface area (TPSA) is 43.8 Å². The van der Waals surface area contributed by atoms with Crippen molar-refractivity contribution in [1.29, 1.82) is 0 Å². The molecule has 4 nitrogen and oxygen atoms in total. The summed E-state index contributed by atoms with van der Waals surface area (Å²) in [5.74, 6) is 0.162. The zero-order valence-electron chi connectivity index (χ0n) is 12.4. The fourth-order valence-corrected chi connectivity index (χ4v) is 2.71. The Morgan fingerprint density at radius 1 is 1.35 bits per heavy atom. The number of rotatable bonds is 4. The highest BCUT2D eigenvalue weighted by molar-refractivity contribution is 5.77. The monoisotopic (exact) mass is 276 g/mol. The van der Waals surface area contributed by atoms with Crippen LogP contribution in [0, 0.1) is 0 Å². The number of anilines is 1. The van der Waals surface area contributed by atoms with Gasteiger partial charge in [-0.05, 0) is 18.1 Å². The van der Waals surface area contributed by atoms with E-state index >= 15 is 0 Å². The smallest absolute Gasteiger partial charge is 0.224 e. The molecule has 0 aliphatic carbocycles. The van der Waals surface area contributed by atoms with Crippen molar-refractivity contribution in [1.82, 2.24) is 4.90 Å². The third kappa shape index (κ3) is 3.51. The second kappa shape index (κ2) is 6.75. The molecule has 1 aromatic carbocycles. The summed E-state index contributed by atoms with van der Waals surface area (Å²) in [5, 5.41) is 10.1. The number of amides is 1. The molecule has 1 unspecified atom stereocenters. The number of fused-ring (bicyclic) bond motifs is 1. The summed E-state index contributed by atoms with van der Waals surface area (Å²) in [4.78, 5) is 15.9. The molecular formula is C16H24N2O2. The number of para-hydroxylation sites is 1. The Morgan fingerprint density at radius 2 is 2.10 bits per heavy atom. The summed E-state index contributed by atoms with van der Waals surface area (Å²) in [6, 6.07) is 8.15. The minimum atomic E-state index is -0.333. The van der Waals surface area contributed by atoms with Gasteiger partial charge in [0, 0.05) is 38.8 Å². The molecule has 4 heteroatoms. The molecule has 1 aromatic rings. The van der Waals surface area contributed by atoms with Crippen LogP contribution >= 0.6 is 0 Å². The molecule has 2 rings (SSSR count). The molecule has 1 amide bonds. The van der Waals surface area contributed by atoms with E-state index in [0.29, 0.717) is 26.1 Å². The van der Waals surface area contributed by atoms with Gasteiger partial charge in [0.05, 0.1) is 6.10 Å². The van der Waals surface area contributed by atoms with Crippen molar-refractivity contribution >= 4 is 11.6 Å². The van der Waals surface area contributed by atoms with Gasteiger partial charge in [-0.3, -0.25) is 4.79 Å². The van der Waals surface area contributed by atoms with E-state index in [1.54, 1.807) is 4.90 Å². The van der Waals surface area contributed by atoms with Crippen LogP contribution in [0.4, 0.5) is 5.69 Å². The van der Waals surface area contributed by atoms with E-state index in [0.717, 1.165) is 24.1 Å². The van der Waals surface area contributed by atoms with E-state index in [1.807, 2.05) is 19.2 Å². The number of carbonyl (C=O) groups is 1. The van der Waals surface area contributed by atoms with Gasteiger partial charge in [0.15, 0.2) is 0 Å². The lowest BCUT2D eigenvalue weighted by Gasteiger charge is -2.33. The zero-order chi connectivity index (χ0) is 14.5. The van der Waals surface area contributed by atoms with Crippen LogP contribution < -0.4 is 4.90 Å². The van der Waals surface area contributed by atoms with E-state index in [-0.39, 0.29) is 12.0 Å². The van der Waals surface area contributed by atoms with Crippen LogP contribution in [0.15, 0.2) is 24.3 Å². The van der Waals surface area contributed by atoms with Gasteiger partial charge in [0.25, 0.3) is 0 Å². The van der Waals surface area contributed by atoms with Crippen molar-refractivity contribution < 1.29 is 9.90 Å². The lowest BCUT2D eigenvalue weighted by atomic mass is 10.1. The number of hydrogen-bond acceptors (Lipinski definition) is 3. The summed E-state index contributed by atoms with van der Waals surface area (Å²) in [6.45, 7) is 3.97. The summed E-state index contributed by atoms with van der Waals surface area (Å²) in [5.41, 5.74) is 2.29. The molecule has 0 saturated carbocycles. The first-order valence-corrected chi connectivity index (χ1v) is 7.36. The molecule has 1 atom stereocenters. The van der Waals surface area contributed by atoms with Crippen molar-refractivity contribution in [2.24, 2.45) is 0 Å². The standard InChI is InChI=1S/C16H24N2O2/c1-3-6-14(19)12-18-10-9-16(20)17(2)11-13-7-4-5-8-15(13)18/h4-5,7-8,14,19H,3,6,9-12H2,1-2H3. The van der Waals surface area contributed by atoms with E-state index < -0.39 is 0 Å². The highest BCUT2D eigenvalue weighted by Gasteiger charge is 2.21. The highest BCUT2D eigenvalue weighted by atomic mass is 16.3. The Morgan fingerprint density at radius 3 is 2.85 bits per heavy atom. The normalized spacial score (nSPS) is 17.4. The first-order chi connectivity index (χ1) is 9.61. The van der Waals surface area contributed by atoms with Crippen LogP contribution in [0.25, 0.3) is 0 Å². The van der Waals surface area contributed by atoms with Gasteiger partial charge < -0.3 is 14.9 Å². The second-order valence-electron chi connectivity index (χ2n) is 5.52. The maximum atomic E-state index is 12.0. The average Bonchev–Trinajstić information content (AvgIpc) is 2.43. The van der Waals surface area contributed by atoms with Crippen LogP contribution in [0.5, 0.6) is 0 Å². The lowest BCUT2D eigenvalue weighted by molar-refractivity contribution is -0.130. The molecular weight excluding hydrogens is 252 g/mol. The molecule has 0 aromatic heterocycles. The van der Waals surface area contributed by atoms with Gasteiger partial charge in [0.2, 0.25) is 5.91 Å². The maximum absolute atomic E-state index is 12.0. The number of aliphatic hydroxyl groups excluding tert-OH is 1. The van der Waals surface area contributed by atoms with Crippen molar-refractivity contribution in [3.63, 3.8) is 0 Å². The summed E-state index contributed by atoms with van der Waals surface area (Å²) < 4.78 is 0. The average molecular weight is 276 g/mol. The fourth-order valence-electron chi connectivity index (χ4n) is 2.71. The van der Waals surface area contributed by atoms with Crippen molar-refractivity contribution in [2.45, 2.75) is 38.8 Å². The van der Waals surface area contributed by atoms with Gasteiger partial charge in [-0.1, -0.05) is 31.5 Å². The third-order valence-corrected chi connectivity index (χ3v) is 3.81. The largest absolute Gasteiger partial charge is 0.391 e. The van der Waals surface area contributed by atoms with Crippen molar-refractivity contribution in [2.75, 3.05) is 25.0 Å². The Labute approximate surface area is 121 Å². The SMILES string of the molecule is CCCC(O)CN1CCC(=O)N(C)Cc2ccccc21. The number of β-amino-alcohol motifs (C(OH)–C–C–N with tert-alkyl or cyclic N) is 1. The van der Waals surface area contributed by atoms with Crippen molar-refractivity contribution in [3.8, 4) is 0 Å². The second-order valence-corrected chi connectivity index (χ2v) is 5.52. The van der Waals surface area contributed by atoms with Gasteiger partial charge in [0.1, 0.15) is 0 Å². The third-order valence-electron chi connectivity index (χ3n) is 3.81. The molecule has 1 heterocycles. The minimum absolute atomic E-state index is 0.162. The molecule has 0 radical (unpaired) electrons. The van der Waals surface area contributed by atoms with Crippen LogP contribution in [-0.2, 0) is 11.3 Å². The molecule has 0 fully saturated rings. The van der Waals surface area contributed by atoms with Crippen molar-refractivity contribution in [3.05, 3.63) is 29.8 Å². The maximum Gasteiger partial charge on any atom is 0.224 e. The predicted octanol–water partition coefficient (Wildman–Crippen LogP) is 2.02. The molecule has 1 aliphatic heterocycles. The van der Waals surface area contributed by atoms with E-state index in [1.165, 1.54) is 0 Å². The summed E-state index contributed by atoms with van der Waals surface area (Å²) in [6.07, 6.45) is 1.94. The summed E-state index contributed by atoms with van der Waals surface area (Å²) in [7, 11) is 1.85. The van der Waals surface area contributed by atoms with E-state index in [2.05, 4.69) is 24.0 Å². The number of aliphatic hydroxyl groups is 1. The number of benzene rings is 1. The molecule has 0 bridgehead atoms. The van der Waals surface area contributed by atoms with Crippen LogP contribution in [0.1, 0.15) is 31.7 Å². The fraction of sp³-hybridized carbons (Fsp3) is 0.562. The van der Waals surface area contributed by atoms with E-state index in [9.17, 15) is 9.90 Å². The Bertz CT molecular complexity index is 462. The minimum Gasteiger partial charge on any atom is -0.391 e. The highest BCUT2D eigenvalue weighted by Crippen LogP contribution is 2.25. The van der Waals surface area contributed by atoms with Crippen LogP contribution in [0.2, 0.25) is 0 Å². The Kier molecular flexibility index (Phi) is 5.01. The lowest BCUT2D eigenvalue weighted by Crippen LogP contribution is -2.39. The molecule has 110 valence electrons. The Hall–Kier alpha value is -1.55. The molecule has 0 saturated heterocycles. The number of carbonyl (C=O) groups excluding carboxylic acids is 1. The molecule has 1 aliphatic rings. The van der Waals surface area contributed by atoms with Gasteiger partial charge in [-0.15, -0.1) is 0 Å². The van der Waals surface area contributed by atoms with Crippen LogP contribution in [0.3, 0.4) is 0 Å². The zero-order valence-corrected chi connectivity index (χ0v) is 12.4. The van der Waals surface area contributed by atoms with Gasteiger partial charge >= 0.3 is 0 Å². The first kappa shape index (κ1) is 14.9. The summed E-state index contributed by atoms with van der Waals surface area (Å²) >= 11 is 0. The number of nitrogens with zero attached hydrogens (tertiary/aromatic N) is 2. The predicted molar refractivity (Wildman–Crippen MR) is 80.7 cm³/mol. The van der Waals surface area contributed by atoms with Crippen LogP contribution in [-0.4, -0.2) is 42.2 Å². The number of hydrogen-bond donors (Lipinski definition) is 1. The van der Waals surface area contributed by atoms with Gasteiger partial charge in [-0.25, -0.2) is 0 Å². The van der Waals surface area contributed by atoms with E-state index in [4.69, 9.17) is 0 Å². The molecule has 0 spiro atoms. The molecule has 20 heavy (non-hydrogen) atoms. The quantitative estimate of drug-likeness (QED) is 0.915.